The summed E-state index contributed by atoms with van der Waals surface area (Å²) in [5, 5.41) is 6.96. The second-order valence-electron chi connectivity index (χ2n) is 4.89. The zero-order valence-corrected chi connectivity index (χ0v) is 12.6. The summed E-state index contributed by atoms with van der Waals surface area (Å²) in [7, 11) is 0. The van der Waals surface area contributed by atoms with Crippen LogP contribution in [-0.2, 0) is 0 Å². The zero-order valence-electron chi connectivity index (χ0n) is 11.0. The van der Waals surface area contributed by atoms with Crippen LogP contribution in [0.25, 0.3) is 0 Å². The molecule has 106 valence electrons. The van der Waals surface area contributed by atoms with E-state index in [1.165, 1.54) is 12.8 Å². The normalized spacial score (nSPS) is 18.5. The van der Waals surface area contributed by atoms with Crippen molar-refractivity contribution in [2.45, 2.75) is 19.8 Å². The van der Waals surface area contributed by atoms with Gasteiger partial charge in [-0.15, -0.1) is 12.4 Å². The molecule has 1 atom stereocenters. The SMILES string of the molecule is Cc1ccc(C(=O)NCC2CCCNC2)cc1Cl.Cl. The Balaban J connectivity index is 0.00000180. The summed E-state index contributed by atoms with van der Waals surface area (Å²) in [5.74, 6) is 0.506. The van der Waals surface area contributed by atoms with E-state index in [-0.39, 0.29) is 18.3 Å². The minimum Gasteiger partial charge on any atom is -0.352 e. The third-order valence-corrected chi connectivity index (χ3v) is 3.79. The highest BCUT2D eigenvalue weighted by Gasteiger charge is 2.14. The number of benzene rings is 1. The number of aryl methyl sites for hydroxylation is 1. The lowest BCUT2D eigenvalue weighted by atomic mass is 9.99. The molecule has 1 fully saturated rings. The molecule has 19 heavy (non-hydrogen) atoms. The van der Waals surface area contributed by atoms with E-state index >= 15 is 0 Å². The largest absolute Gasteiger partial charge is 0.352 e. The van der Waals surface area contributed by atoms with Gasteiger partial charge >= 0.3 is 0 Å². The van der Waals surface area contributed by atoms with Crippen molar-refractivity contribution in [1.29, 1.82) is 0 Å². The smallest absolute Gasteiger partial charge is 0.251 e. The van der Waals surface area contributed by atoms with E-state index in [0.717, 1.165) is 25.2 Å². The van der Waals surface area contributed by atoms with Crippen LogP contribution in [0.4, 0.5) is 0 Å². The highest BCUT2D eigenvalue weighted by molar-refractivity contribution is 6.31. The van der Waals surface area contributed by atoms with E-state index in [0.29, 0.717) is 16.5 Å². The predicted molar refractivity (Wildman–Crippen MR) is 81.4 cm³/mol. The van der Waals surface area contributed by atoms with Crippen LogP contribution in [0, 0.1) is 12.8 Å². The van der Waals surface area contributed by atoms with E-state index in [1.54, 1.807) is 6.07 Å². The summed E-state index contributed by atoms with van der Waals surface area (Å²) in [5.41, 5.74) is 1.62. The van der Waals surface area contributed by atoms with Crippen LogP contribution >= 0.6 is 24.0 Å². The summed E-state index contributed by atoms with van der Waals surface area (Å²) in [6.07, 6.45) is 2.37. The van der Waals surface area contributed by atoms with Crippen molar-refractivity contribution in [1.82, 2.24) is 10.6 Å². The molecular weight excluding hydrogens is 283 g/mol. The molecule has 2 N–H and O–H groups in total. The van der Waals surface area contributed by atoms with Gasteiger partial charge in [-0.05, 0) is 56.5 Å². The lowest BCUT2D eigenvalue weighted by Crippen LogP contribution is -2.38. The van der Waals surface area contributed by atoms with Crippen molar-refractivity contribution in [3.05, 3.63) is 34.3 Å². The van der Waals surface area contributed by atoms with Crippen molar-refractivity contribution in [2.24, 2.45) is 5.92 Å². The third kappa shape index (κ3) is 4.68. The summed E-state index contributed by atoms with van der Waals surface area (Å²) in [4.78, 5) is 12.0. The van der Waals surface area contributed by atoms with E-state index in [1.807, 2.05) is 19.1 Å². The number of halogens is 2. The molecule has 2 rings (SSSR count). The summed E-state index contributed by atoms with van der Waals surface area (Å²) in [6, 6.07) is 5.42. The predicted octanol–water partition coefficient (Wildman–Crippen LogP) is 2.80. The lowest BCUT2D eigenvalue weighted by molar-refractivity contribution is 0.0945. The van der Waals surface area contributed by atoms with Gasteiger partial charge in [0.25, 0.3) is 5.91 Å². The van der Waals surface area contributed by atoms with Gasteiger partial charge < -0.3 is 10.6 Å². The van der Waals surface area contributed by atoms with Gasteiger partial charge in [0.1, 0.15) is 0 Å². The van der Waals surface area contributed by atoms with Crippen molar-refractivity contribution in [3.8, 4) is 0 Å². The van der Waals surface area contributed by atoms with Gasteiger partial charge in [0, 0.05) is 17.1 Å². The molecule has 1 unspecified atom stereocenters. The van der Waals surface area contributed by atoms with Gasteiger partial charge in [-0.2, -0.15) is 0 Å². The second-order valence-corrected chi connectivity index (χ2v) is 5.29. The Hall–Kier alpha value is -0.770. The first kappa shape index (κ1) is 16.3. The highest BCUT2D eigenvalue weighted by atomic mass is 35.5. The number of piperidine rings is 1. The average molecular weight is 303 g/mol. The number of hydrogen-bond donors (Lipinski definition) is 2. The summed E-state index contributed by atoms with van der Waals surface area (Å²) in [6.45, 7) is 4.75. The van der Waals surface area contributed by atoms with Crippen LogP contribution in [0.15, 0.2) is 18.2 Å². The molecule has 0 spiro atoms. The van der Waals surface area contributed by atoms with E-state index in [4.69, 9.17) is 11.6 Å². The molecule has 1 saturated heterocycles. The fourth-order valence-corrected chi connectivity index (χ4v) is 2.35. The Morgan fingerprint density at radius 1 is 1.53 bits per heavy atom. The molecule has 0 saturated carbocycles. The Labute approximate surface area is 125 Å². The van der Waals surface area contributed by atoms with Gasteiger partial charge in [-0.3, -0.25) is 4.79 Å². The van der Waals surface area contributed by atoms with E-state index < -0.39 is 0 Å². The number of amides is 1. The minimum absolute atomic E-state index is 0. The second kappa shape index (κ2) is 7.73. The van der Waals surface area contributed by atoms with Crippen LogP contribution in [0.5, 0.6) is 0 Å². The van der Waals surface area contributed by atoms with Gasteiger partial charge in [-0.25, -0.2) is 0 Å². The quantitative estimate of drug-likeness (QED) is 0.901. The van der Waals surface area contributed by atoms with Crippen LogP contribution < -0.4 is 10.6 Å². The molecule has 0 bridgehead atoms. The van der Waals surface area contributed by atoms with E-state index in [2.05, 4.69) is 10.6 Å². The Kier molecular flexibility index (Phi) is 6.63. The Morgan fingerprint density at radius 3 is 2.95 bits per heavy atom. The zero-order chi connectivity index (χ0) is 13.0. The molecule has 1 aliphatic rings. The van der Waals surface area contributed by atoms with Gasteiger partial charge in [0.2, 0.25) is 0 Å². The minimum atomic E-state index is -0.0394. The molecule has 1 heterocycles. The molecule has 0 aromatic heterocycles. The number of nitrogens with one attached hydrogen (secondary N) is 2. The maximum absolute atomic E-state index is 12.0. The molecule has 1 aromatic carbocycles. The molecule has 0 aliphatic carbocycles. The fraction of sp³-hybridized carbons (Fsp3) is 0.500. The van der Waals surface area contributed by atoms with Gasteiger partial charge in [0.05, 0.1) is 0 Å². The van der Waals surface area contributed by atoms with Crippen LogP contribution in [0.3, 0.4) is 0 Å². The molecule has 1 amide bonds. The maximum Gasteiger partial charge on any atom is 0.251 e. The molecular formula is C14H20Cl2N2O. The van der Waals surface area contributed by atoms with Gasteiger partial charge in [-0.1, -0.05) is 17.7 Å². The number of carbonyl (C=O) groups is 1. The molecule has 5 heteroatoms. The third-order valence-electron chi connectivity index (χ3n) is 3.38. The lowest BCUT2D eigenvalue weighted by Gasteiger charge is -2.22. The number of rotatable bonds is 3. The monoisotopic (exact) mass is 302 g/mol. The van der Waals surface area contributed by atoms with Crippen molar-refractivity contribution in [2.75, 3.05) is 19.6 Å². The number of carbonyl (C=O) groups excluding carboxylic acids is 1. The first-order valence-corrected chi connectivity index (χ1v) is 6.79. The van der Waals surface area contributed by atoms with E-state index in [9.17, 15) is 4.79 Å². The van der Waals surface area contributed by atoms with Crippen molar-refractivity contribution in [3.63, 3.8) is 0 Å². The first-order chi connectivity index (χ1) is 8.66. The first-order valence-electron chi connectivity index (χ1n) is 6.42. The van der Waals surface area contributed by atoms with Gasteiger partial charge in [0.15, 0.2) is 0 Å². The molecule has 3 nitrogen and oxygen atoms in total. The summed E-state index contributed by atoms with van der Waals surface area (Å²) >= 11 is 6.02. The Morgan fingerprint density at radius 2 is 2.32 bits per heavy atom. The average Bonchev–Trinajstić information content (AvgIpc) is 2.40. The van der Waals surface area contributed by atoms with Crippen LogP contribution in [0.2, 0.25) is 5.02 Å². The standard InChI is InChI=1S/C14H19ClN2O.ClH/c1-10-4-5-12(7-13(10)15)14(18)17-9-11-3-2-6-16-8-11;/h4-5,7,11,16H,2-3,6,8-9H2,1H3,(H,17,18);1H. The summed E-state index contributed by atoms with van der Waals surface area (Å²) < 4.78 is 0. The highest BCUT2D eigenvalue weighted by Crippen LogP contribution is 2.16. The number of hydrogen-bond acceptors (Lipinski definition) is 2. The van der Waals surface area contributed by atoms with Crippen LogP contribution in [0.1, 0.15) is 28.8 Å². The Bertz CT molecular complexity index is 431. The van der Waals surface area contributed by atoms with Crippen LogP contribution in [-0.4, -0.2) is 25.5 Å². The van der Waals surface area contributed by atoms with Crippen molar-refractivity contribution >= 4 is 29.9 Å². The van der Waals surface area contributed by atoms with Crippen molar-refractivity contribution < 1.29 is 4.79 Å². The topological polar surface area (TPSA) is 41.1 Å². The molecule has 1 aromatic rings. The molecule has 0 radical (unpaired) electrons. The molecule has 1 aliphatic heterocycles. The maximum atomic E-state index is 12.0. The fourth-order valence-electron chi connectivity index (χ4n) is 2.17.